The lowest BCUT2D eigenvalue weighted by Crippen LogP contribution is -2.32. The molecule has 0 aromatic rings. The monoisotopic (exact) mass is 303 g/mol. The second kappa shape index (κ2) is 10.0. The number of hydrogen-bond acceptors (Lipinski definition) is 7. The second-order valence-electron chi connectivity index (χ2n) is 4.61. The Kier molecular flexibility index (Phi) is 9.15. The van der Waals surface area contributed by atoms with Crippen molar-refractivity contribution in [1.29, 1.82) is 0 Å². The van der Waals surface area contributed by atoms with Crippen molar-refractivity contribution in [2.75, 3.05) is 13.2 Å². The number of rotatable bonds is 6. The summed E-state index contributed by atoms with van der Waals surface area (Å²) in [6.45, 7) is 3.22. The van der Waals surface area contributed by atoms with Crippen molar-refractivity contribution < 1.29 is 34.2 Å². The van der Waals surface area contributed by atoms with Gasteiger partial charge in [-0.2, -0.15) is 0 Å². The fourth-order valence-corrected chi connectivity index (χ4v) is 1.32. The van der Waals surface area contributed by atoms with E-state index in [1.165, 1.54) is 0 Å². The largest absolute Gasteiger partial charge is 0.394 e. The molecule has 1 aliphatic rings. The zero-order chi connectivity index (χ0) is 16.4. The molecule has 0 atom stereocenters. The van der Waals surface area contributed by atoms with E-state index in [1.54, 1.807) is 13.8 Å². The molecule has 1 fully saturated rings. The summed E-state index contributed by atoms with van der Waals surface area (Å²) < 4.78 is 0. The Morgan fingerprint density at radius 1 is 1.10 bits per heavy atom. The molecule has 1 rings (SSSR count). The van der Waals surface area contributed by atoms with Gasteiger partial charge in [0.05, 0.1) is 19.6 Å². The van der Waals surface area contributed by atoms with E-state index in [2.05, 4.69) is 4.84 Å². The molecule has 2 amide bonds. The summed E-state index contributed by atoms with van der Waals surface area (Å²) in [5.74, 6) is -1.96. The molecule has 21 heavy (non-hydrogen) atoms. The number of carbonyl (C=O) groups excluding carboxylic acids is 4. The van der Waals surface area contributed by atoms with E-state index in [0.717, 1.165) is 0 Å². The number of nitrogens with zero attached hydrogens (tertiary/aromatic N) is 1. The second-order valence-corrected chi connectivity index (χ2v) is 4.61. The molecular weight excluding hydrogens is 282 g/mol. The van der Waals surface area contributed by atoms with Crippen LogP contribution in [0.15, 0.2) is 0 Å². The molecule has 8 heteroatoms. The van der Waals surface area contributed by atoms with Crippen molar-refractivity contribution in [3.8, 4) is 0 Å². The quantitative estimate of drug-likeness (QED) is 0.638. The molecule has 0 saturated carbocycles. The van der Waals surface area contributed by atoms with E-state index < -0.39 is 17.8 Å². The summed E-state index contributed by atoms with van der Waals surface area (Å²) in [4.78, 5) is 49.4. The number of hydrogen-bond donors (Lipinski definition) is 2. The molecule has 120 valence electrons. The first-order chi connectivity index (χ1) is 9.83. The normalized spacial score (nSPS) is 14.0. The lowest BCUT2D eigenvalue weighted by Gasteiger charge is -2.12. The maximum atomic E-state index is 11.3. The first kappa shape index (κ1) is 19.2. The highest BCUT2D eigenvalue weighted by atomic mass is 16.7. The summed E-state index contributed by atoms with van der Waals surface area (Å²) in [6.07, 6.45) is 0.0782. The highest BCUT2D eigenvalue weighted by molar-refractivity contribution is 6.01. The van der Waals surface area contributed by atoms with Gasteiger partial charge >= 0.3 is 5.97 Å². The minimum atomic E-state index is -0.734. The van der Waals surface area contributed by atoms with E-state index in [9.17, 15) is 19.2 Å². The molecule has 0 aliphatic carbocycles. The minimum Gasteiger partial charge on any atom is -0.394 e. The third-order valence-electron chi connectivity index (χ3n) is 2.52. The number of Topliss-reactive ketones (excluding diaryl/α,β-unsaturated/α-hetero) is 1. The number of amides is 2. The predicted molar refractivity (Wildman–Crippen MR) is 70.4 cm³/mol. The van der Waals surface area contributed by atoms with Crippen LogP contribution in [-0.2, 0) is 24.0 Å². The van der Waals surface area contributed by atoms with Crippen molar-refractivity contribution in [1.82, 2.24) is 5.06 Å². The van der Waals surface area contributed by atoms with Gasteiger partial charge in [-0.25, -0.2) is 4.79 Å². The SMILES string of the molecule is CC(C)C(=O)CCC(=O)ON1C(=O)CCC1=O.OCCO. The lowest BCUT2D eigenvalue weighted by atomic mass is 10.1. The third kappa shape index (κ3) is 7.52. The third-order valence-corrected chi connectivity index (χ3v) is 2.52. The molecule has 0 bridgehead atoms. The van der Waals surface area contributed by atoms with Crippen molar-refractivity contribution in [3.63, 3.8) is 0 Å². The molecule has 8 nitrogen and oxygen atoms in total. The highest BCUT2D eigenvalue weighted by Crippen LogP contribution is 2.13. The van der Waals surface area contributed by atoms with Crippen LogP contribution >= 0.6 is 0 Å². The van der Waals surface area contributed by atoms with Crippen LogP contribution in [0.3, 0.4) is 0 Å². The molecule has 1 aliphatic heterocycles. The first-order valence-electron chi connectivity index (χ1n) is 6.64. The predicted octanol–water partition coefficient (Wildman–Crippen LogP) is -0.430. The number of carbonyl (C=O) groups is 4. The molecule has 0 aromatic heterocycles. The number of aliphatic hydroxyl groups is 2. The smallest absolute Gasteiger partial charge is 0.333 e. The molecule has 1 heterocycles. The van der Waals surface area contributed by atoms with E-state index >= 15 is 0 Å². The van der Waals surface area contributed by atoms with Gasteiger partial charge in [0.15, 0.2) is 0 Å². The van der Waals surface area contributed by atoms with E-state index in [1.807, 2.05) is 0 Å². The maximum Gasteiger partial charge on any atom is 0.333 e. The van der Waals surface area contributed by atoms with Crippen LogP contribution in [0.5, 0.6) is 0 Å². The Hall–Kier alpha value is -1.80. The summed E-state index contributed by atoms with van der Waals surface area (Å²) in [7, 11) is 0. The van der Waals surface area contributed by atoms with Crippen LogP contribution < -0.4 is 0 Å². The molecule has 0 spiro atoms. The number of ketones is 1. The fourth-order valence-electron chi connectivity index (χ4n) is 1.32. The van der Waals surface area contributed by atoms with Gasteiger partial charge in [0, 0.05) is 25.2 Å². The van der Waals surface area contributed by atoms with Gasteiger partial charge in [-0.1, -0.05) is 13.8 Å². The molecule has 2 N–H and O–H groups in total. The first-order valence-corrected chi connectivity index (χ1v) is 6.64. The Balaban J connectivity index is 0.000000885. The van der Waals surface area contributed by atoms with Gasteiger partial charge in [0.1, 0.15) is 5.78 Å². The Morgan fingerprint density at radius 3 is 1.95 bits per heavy atom. The number of imide groups is 1. The van der Waals surface area contributed by atoms with Crippen LogP contribution in [0.1, 0.15) is 39.5 Å². The van der Waals surface area contributed by atoms with Crippen LogP contribution in [0.25, 0.3) is 0 Å². The Bertz CT molecular complexity index is 374. The van der Waals surface area contributed by atoms with Crippen molar-refractivity contribution >= 4 is 23.6 Å². The number of hydroxylamine groups is 2. The van der Waals surface area contributed by atoms with Crippen LogP contribution in [-0.4, -0.2) is 52.1 Å². The zero-order valence-corrected chi connectivity index (χ0v) is 12.2. The summed E-state index contributed by atoms with van der Waals surface area (Å²) in [6, 6.07) is 0. The standard InChI is InChI=1S/C11H15NO5.C2H6O2/c1-7(2)8(13)3-6-11(16)17-12-9(14)4-5-10(12)15;3-1-2-4/h7H,3-6H2,1-2H3;3-4H,1-2H2. The van der Waals surface area contributed by atoms with Gasteiger partial charge in [-0.3, -0.25) is 14.4 Å². The average molecular weight is 303 g/mol. The molecule has 1 saturated heterocycles. The Morgan fingerprint density at radius 2 is 1.57 bits per heavy atom. The average Bonchev–Trinajstić information content (AvgIpc) is 2.76. The lowest BCUT2D eigenvalue weighted by molar-refractivity contribution is -0.197. The van der Waals surface area contributed by atoms with E-state index in [-0.39, 0.29) is 50.6 Å². The molecular formula is C13H21NO7. The van der Waals surface area contributed by atoms with Gasteiger partial charge in [-0.05, 0) is 0 Å². The summed E-state index contributed by atoms with van der Waals surface area (Å²) >= 11 is 0. The van der Waals surface area contributed by atoms with Crippen molar-refractivity contribution in [2.24, 2.45) is 5.92 Å². The zero-order valence-electron chi connectivity index (χ0n) is 12.2. The van der Waals surface area contributed by atoms with Crippen molar-refractivity contribution in [2.45, 2.75) is 39.5 Å². The van der Waals surface area contributed by atoms with Gasteiger partial charge in [0.2, 0.25) is 0 Å². The summed E-state index contributed by atoms with van der Waals surface area (Å²) in [5.41, 5.74) is 0. The van der Waals surface area contributed by atoms with Crippen LogP contribution in [0.4, 0.5) is 0 Å². The van der Waals surface area contributed by atoms with Gasteiger partial charge in [-0.15, -0.1) is 5.06 Å². The van der Waals surface area contributed by atoms with E-state index in [4.69, 9.17) is 10.2 Å². The van der Waals surface area contributed by atoms with Gasteiger partial charge in [0.25, 0.3) is 11.8 Å². The van der Waals surface area contributed by atoms with Crippen LogP contribution in [0, 0.1) is 5.92 Å². The highest BCUT2D eigenvalue weighted by Gasteiger charge is 2.32. The van der Waals surface area contributed by atoms with Gasteiger partial charge < -0.3 is 15.1 Å². The summed E-state index contributed by atoms with van der Waals surface area (Å²) in [5, 5.41) is 15.7. The molecule has 0 radical (unpaired) electrons. The minimum absolute atomic E-state index is 0.0546. The van der Waals surface area contributed by atoms with E-state index in [0.29, 0.717) is 5.06 Å². The van der Waals surface area contributed by atoms with Crippen molar-refractivity contribution in [3.05, 3.63) is 0 Å². The molecule has 0 unspecified atom stereocenters. The number of aliphatic hydroxyl groups excluding tert-OH is 2. The Labute approximate surface area is 122 Å². The fraction of sp³-hybridized carbons (Fsp3) is 0.692. The molecule has 0 aromatic carbocycles. The topological polar surface area (TPSA) is 121 Å². The maximum absolute atomic E-state index is 11.3. The van der Waals surface area contributed by atoms with Crippen LogP contribution in [0.2, 0.25) is 0 Å².